The Labute approximate surface area is 89.4 Å². The molecule has 1 heterocycles. The third kappa shape index (κ3) is 3.44. The molecule has 0 saturated carbocycles. The lowest BCUT2D eigenvalue weighted by Gasteiger charge is -2.15. The maximum absolute atomic E-state index is 11.5. The Morgan fingerprint density at radius 3 is 2.80 bits per heavy atom. The normalized spacial score (nSPS) is 23.1. The van der Waals surface area contributed by atoms with Crippen molar-refractivity contribution in [1.82, 2.24) is 9.03 Å². The number of aliphatic carboxylic acids is 1. The number of nitrogens with zero attached hydrogens (tertiary/aromatic N) is 1. The van der Waals surface area contributed by atoms with Crippen LogP contribution >= 0.6 is 0 Å². The second kappa shape index (κ2) is 4.91. The Kier molecular flexibility index (Phi) is 4.06. The number of carboxylic acids is 1. The van der Waals surface area contributed by atoms with Gasteiger partial charge in [0.1, 0.15) is 0 Å². The smallest absolute Gasteiger partial charge is 0.303 e. The Morgan fingerprint density at radius 1 is 1.60 bits per heavy atom. The SMILES string of the molecule is CCNS(=O)(=O)N1CCC(CC(=O)O)C1. The molecule has 1 aliphatic heterocycles. The van der Waals surface area contributed by atoms with Crippen LogP contribution in [0.2, 0.25) is 0 Å². The molecule has 1 atom stereocenters. The zero-order valence-electron chi connectivity index (χ0n) is 8.64. The Balaban J connectivity index is 2.52. The largest absolute Gasteiger partial charge is 0.481 e. The number of hydrogen-bond donors (Lipinski definition) is 2. The third-order valence-corrected chi connectivity index (χ3v) is 4.04. The van der Waals surface area contributed by atoms with Crippen molar-refractivity contribution in [2.45, 2.75) is 19.8 Å². The van der Waals surface area contributed by atoms with E-state index in [0.717, 1.165) is 0 Å². The maximum atomic E-state index is 11.5. The van der Waals surface area contributed by atoms with Crippen LogP contribution in [0.5, 0.6) is 0 Å². The van der Waals surface area contributed by atoms with E-state index < -0.39 is 16.2 Å². The van der Waals surface area contributed by atoms with Crippen molar-refractivity contribution in [3.8, 4) is 0 Å². The lowest BCUT2D eigenvalue weighted by molar-refractivity contribution is -0.137. The van der Waals surface area contributed by atoms with E-state index in [1.165, 1.54) is 4.31 Å². The van der Waals surface area contributed by atoms with Crippen molar-refractivity contribution in [3.05, 3.63) is 0 Å². The molecule has 1 rings (SSSR count). The number of nitrogens with one attached hydrogen (secondary N) is 1. The van der Waals surface area contributed by atoms with E-state index in [-0.39, 0.29) is 12.3 Å². The Bertz CT molecular complexity index is 328. The van der Waals surface area contributed by atoms with Crippen LogP contribution in [0.1, 0.15) is 19.8 Å². The molecular weight excluding hydrogens is 220 g/mol. The van der Waals surface area contributed by atoms with Gasteiger partial charge in [-0.1, -0.05) is 6.92 Å². The van der Waals surface area contributed by atoms with E-state index in [9.17, 15) is 13.2 Å². The maximum Gasteiger partial charge on any atom is 0.303 e. The van der Waals surface area contributed by atoms with E-state index >= 15 is 0 Å². The highest BCUT2D eigenvalue weighted by Gasteiger charge is 2.31. The van der Waals surface area contributed by atoms with Gasteiger partial charge in [0.2, 0.25) is 0 Å². The van der Waals surface area contributed by atoms with Gasteiger partial charge in [-0.3, -0.25) is 4.79 Å². The summed E-state index contributed by atoms with van der Waals surface area (Å²) in [4.78, 5) is 10.5. The van der Waals surface area contributed by atoms with E-state index in [1.54, 1.807) is 6.92 Å². The molecule has 0 aliphatic carbocycles. The first-order valence-electron chi connectivity index (χ1n) is 4.92. The minimum Gasteiger partial charge on any atom is -0.481 e. The highest BCUT2D eigenvalue weighted by Crippen LogP contribution is 2.21. The van der Waals surface area contributed by atoms with Gasteiger partial charge in [0.05, 0.1) is 0 Å². The lowest BCUT2D eigenvalue weighted by atomic mass is 10.1. The van der Waals surface area contributed by atoms with Crippen molar-refractivity contribution in [3.63, 3.8) is 0 Å². The standard InChI is InChI=1S/C8H16N2O4S/c1-2-9-15(13,14)10-4-3-7(6-10)5-8(11)12/h7,9H,2-6H2,1H3,(H,11,12). The molecule has 0 aromatic heterocycles. The van der Waals surface area contributed by atoms with Crippen molar-refractivity contribution < 1.29 is 18.3 Å². The molecule has 7 heteroatoms. The summed E-state index contributed by atoms with van der Waals surface area (Å²) < 4.78 is 26.8. The highest BCUT2D eigenvalue weighted by molar-refractivity contribution is 7.87. The molecule has 0 aromatic carbocycles. The first kappa shape index (κ1) is 12.4. The average molecular weight is 236 g/mol. The van der Waals surface area contributed by atoms with Crippen molar-refractivity contribution >= 4 is 16.2 Å². The van der Waals surface area contributed by atoms with Gasteiger partial charge >= 0.3 is 5.97 Å². The van der Waals surface area contributed by atoms with E-state index in [4.69, 9.17) is 5.11 Å². The van der Waals surface area contributed by atoms with Crippen LogP contribution in [-0.4, -0.2) is 43.4 Å². The van der Waals surface area contributed by atoms with Crippen molar-refractivity contribution in [2.24, 2.45) is 5.92 Å². The fraction of sp³-hybridized carbons (Fsp3) is 0.875. The highest BCUT2D eigenvalue weighted by atomic mass is 32.2. The molecule has 88 valence electrons. The summed E-state index contributed by atoms with van der Waals surface area (Å²) in [7, 11) is -3.39. The summed E-state index contributed by atoms with van der Waals surface area (Å²) in [5, 5.41) is 8.58. The molecule has 0 aromatic rings. The summed E-state index contributed by atoms with van der Waals surface area (Å²) in [6.45, 7) is 2.78. The van der Waals surface area contributed by atoms with E-state index in [1.807, 2.05) is 0 Å². The average Bonchev–Trinajstić information content (AvgIpc) is 2.51. The first-order chi connectivity index (χ1) is 6.95. The Morgan fingerprint density at radius 2 is 2.27 bits per heavy atom. The molecule has 6 nitrogen and oxygen atoms in total. The zero-order chi connectivity index (χ0) is 11.5. The number of hydrogen-bond acceptors (Lipinski definition) is 3. The van der Waals surface area contributed by atoms with Gasteiger partial charge in [-0.2, -0.15) is 12.7 Å². The molecule has 0 bridgehead atoms. The minimum absolute atomic E-state index is 0.0398. The monoisotopic (exact) mass is 236 g/mol. The van der Waals surface area contributed by atoms with Crippen LogP contribution < -0.4 is 4.72 Å². The van der Waals surface area contributed by atoms with Crippen LogP contribution in [0.15, 0.2) is 0 Å². The van der Waals surface area contributed by atoms with Gasteiger partial charge in [0, 0.05) is 26.1 Å². The fourth-order valence-corrected chi connectivity index (χ4v) is 3.00. The molecule has 15 heavy (non-hydrogen) atoms. The summed E-state index contributed by atoms with van der Waals surface area (Å²) in [6, 6.07) is 0. The van der Waals surface area contributed by atoms with Crippen LogP contribution in [0.4, 0.5) is 0 Å². The zero-order valence-corrected chi connectivity index (χ0v) is 9.46. The van der Waals surface area contributed by atoms with Gasteiger partial charge in [-0.25, -0.2) is 4.72 Å². The fourth-order valence-electron chi connectivity index (χ4n) is 1.70. The number of carbonyl (C=O) groups is 1. The molecule has 0 amide bonds. The molecule has 2 N–H and O–H groups in total. The van der Waals surface area contributed by atoms with Gasteiger partial charge in [-0.05, 0) is 12.3 Å². The summed E-state index contributed by atoms with van der Waals surface area (Å²) in [5.41, 5.74) is 0. The quantitative estimate of drug-likeness (QED) is 0.682. The second-order valence-corrected chi connectivity index (χ2v) is 5.37. The Hall–Kier alpha value is -0.660. The number of carboxylic acid groups (broad SMARTS) is 1. The topological polar surface area (TPSA) is 86.7 Å². The van der Waals surface area contributed by atoms with Gasteiger partial charge in [0.25, 0.3) is 10.2 Å². The molecule has 0 spiro atoms. The third-order valence-electron chi connectivity index (χ3n) is 2.38. The van der Waals surface area contributed by atoms with Gasteiger partial charge in [-0.15, -0.1) is 0 Å². The molecule has 1 aliphatic rings. The summed E-state index contributed by atoms with van der Waals surface area (Å²) in [5.74, 6) is -0.932. The predicted octanol–water partition coefficient (Wildman–Crippen LogP) is -0.363. The number of rotatable bonds is 5. The van der Waals surface area contributed by atoms with Crippen molar-refractivity contribution in [1.29, 1.82) is 0 Å². The molecule has 1 fully saturated rings. The lowest BCUT2D eigenvalue weighted by Crippen LogP contribution is -2.39. The summed E-state index contributed by atoms with van der Waals surface area (Å²) in [6.07, 6.45) is 0.662. The molecule has 1 saturated heterocycles. The van der Waals surface area contributed by atoms with E-state index in [2.05, 4.69) is 4.72 Å². The van der Waals surface area contributed by atoms with Crippen LogP contribution in [0.25, 0.3) is 0 Å². The molecule has 1 unspecified atom stereocenters. The van der Waals surface area contributed by atoms with Crippen LogP contribution in [-0.2, 0) is 15.0 Å². The predicted molar refractivity (Wildman–Crippen MR) is 54.5 cm³/mol. The molecular formula is C8H16N2O4S. The van der Waals surface area contributed by atoms with Crippen LogP contribution in [0, 0.1) is 5.92 Å². The van der Waals surface area contributed by atoms with Crippen molar-refractivity contribution in [2.75, 3.05) is 19.6 Å². The second-order valence-electron chi connectivity index (χ2n) is 3.61. The van der Waals surface area contributed by atoms with Gasteiger partial charge in [0.15, 0.2) is 0 Å². The summed E-state index contributed by atoms with van der Waals surface area (Å²) >= 11 is 0. The van der Waals surface area contributed by atoms with Crippen LogP contribution in [0.3, 0.4) is 0 Å². The van der Waals surface area contributed by atoms with Gasteiger partial charge < -0.3 is 5.11 Å². The van der Waals surface area contributed by atoms with E-state index in [0.29, 0.717) is 26.1 Å². The first-order valence-corrected chi connectivity index (χ1v) is 6.36. The molecule has 0 radical (unpaired) electrons. The minimum atomic E-state index is -3.39.